The first-order valence-corrected chi connectivity index (χ1v) is 9.32. The lowest BCUT2D eigenvalue weighted by Gasteiger charge is -2.09. The van der Waals surface area contributed by atoms with Crippen LogP contribution in [0.5, 0.6) is 0 Å². The van der Waals surface area contributed by atoms with Gasteiger partial charge in [0.15, 0.2) is 0 Å². The molecule has 0 amide bonds. The number of H-pyrrole nitrogens is 1. The van der Waals surface area contributed by atoms with E-state index >= 15 is 0 Å². The summed E-state index contributed by atoms with van der Waals surface area (Å²) in [4.78, 5) is 27.1. The molecule has 0 atom stereocenters. The van der Waals surface area contributed by atoms with E-state index in [1.807, 2.05) is 19.1 Å². The Bertz CT molecular complexity index is 1020. The molecule has 3 heterocycles. The van der Waals surface area contributed by atoms with E-state index in [-0.39, 0.29) is 5.56 Å². The second kappa shape index (κ2) is 9.38. The average Bonchev–Trinajstić information content (AvgIpc) is 2.71. The van der Waals surface area contributed by atoms with E-state index in [9.17, 15) is 18.0 Å². The normalized spacial score (nSPS) is 11.3. The Hall–Kier alpha value is -3.43. The molecule has 158 valence electrons. The number of aromatic nitrogens is 4. The van der Waals surface area contributed by atoms with Gasteiger partial charge in [0.1, 0.15) is 5.82 Å². The molecule has 0 bridgehead atoms. The quantitative estimate of drug-likeness (QED) is 0.486. The van der Waals surface area contributed by atoms with Crippen LogP contribution in [0.25, 0.3) is 0 Å². The summed E-state index contributed by atoms with van der Waals surface area (Å²) in [5, 5.41) is 5.96. The molecule has 0 saturated carbocycles. The van der Waals surface area contributed by atoms with E-state index in [1.54, 1.807) is 6.20 Å². The summed E-state index contributed by atoms with van der Waals surface area (Å²) < 4.78 is 37.5. The summed E-state index contributed by atoms with van der Waals surface area (Å²) in [6, 6.07) is 6.08. The highest BCUT2D eigenvalue weighted by molar-refractivity contribution is 5.36. The molecule has 10 heteroatoms. The lowest BCUT2D eigenvalue weighted by atomic mass is 10.1. The predicted octanol–water partition coefficient (Wildman–Crippen LogP) is 3.39. The number of hydrogen-bond donors (Lipinski definition) is 3. The molecule has 0 aliphatic rings. The van der Waals surface area contributed by atoms with E-state index in [0.29, 0.717) is 43.3 Å². The Morgan fingerprint density at radius 3 is 2.40 bits per heavy atom. The molecule has 0 spiro atoms. The molecular formula is C20H21F3N6O. The average molecular weight is 418 g/mol. The van der Waals surface area contributed by atoms with Crippen LogP contribution in [0.1, 0.15) is 28.8 Å². The molecular weight excluding hydrogens is 397 g/mol. The molecule has 0 aliphatic heterocycles. The van der Waals surface area contributed by atoms with Crippen molar-refractivity contribution in [3.8, 4) is 0 Å². The molecule has 0 aliphatic carbocycles. The summed E-state index contributed by atoms with van der Waals surface area (Å²) in [7, 11) is 0. The van der Waals surface area contributed by atoms with Crippen LogP contribution < -0.4 is 16.2 Å². The van der Waals surface area contributed by atoms with Crippen molar-refractivity contribution in [2.45, 2.75) is 25.9 Å². The van der Waals surface area contributed by atoms with Crippen molar-refractivity contribution in [3.05, 3.63) is 75.6 Å². The minimum atomic E-state index is -4.40. The van der Waals surface area contributed by atoms with Crippen LogP contribution in [0.4, 0.5) is 24.9 Å². The maximum Gasteiger partial charge on any atom is 0.417 e. The van der Waals surface area contributed by atoms with Crippen molar-refractivity contribution in [3.63, 3.8) is 0 Å². The molecule has 3 aromatic heterocycles. The molecule has 3 rings (SSSR count). The highest BCUT2D eigenvalue weighted by atomic mass is 19.4. The minimum absolute atomic E-state index is 0.222. The third-order valence-electron chi connectivity index (χ3n) is 4.28. The molecule has 3 aromatic rings. The van der Waals surface area contributed by atoms with Gasteiger partial charge in [0, 0.05) is 49.4 Å². The molecule has 7 nitrogen and oxygen atoms in total. The molecule has 0 fully saturated rings. The summed E-state index contributed by atoms with van der Waals surface area (Å²) >= 11 is 0. The number of pyridine rings is 2. The first-order chi connectivity index (χ1) is 14.3. The second-order valence-corrected chi connectivity index (χ2v) is 6.71. The van der Waals surface area contributed by atoms with Gasteiger partial charge in [-0.1, -0.05) is 6.07 Å². The van der Waals surface area contributed by atoms with E-state index < -0.39 is 11.7 Å². The lowest BCUT2D eigenvalue weighted by Crippen LogP contribution is -2.18. The monoisotopic (exact) mass is 418 g/mol. The Morgan fingerprint density at radius 2 is 1.77 bits per heavy atom. The van der Waals surface area contributed by atoms with Crippen LogP contribution in [0.2, 0.25) is 0 Å². The van der Waals surface area contributed by atoms with Crippen LogP contribution in [-0.4, -0.2) is 33.0 Å². The number of anilines is 2. The minimum Gasteiger partial charge on any atom is -0.370 e. The van der Waals surface area contributed by atoms with Gasteiger partial charge in [-0.25, -0.2) is 9.97 Å². The maximum atomic E-state index is 12.5. The van der Waals surface area contributed by atoms with Crippen LogP contribution >= 0.6 is 0 Å². The number of nitrogens with zero attached hydrogens (tertiary/aromatic N) is 3. The third kappa shape index (κ3) is 6.03. The first kappa shape index (κ1) is 21.3. The Kier molecular flexibility index (Phi) is 6.65. The van der Waals surface area contributed by atoms with Gasteiger partial charge in [-0.3, -0.25) is 14.8 Å². The number of rotatable bonds is 8. The molecule has 0 saturated heterocycles. The number of nitrogens with one attached hydrogen (secondary N) is 3. The highest BCUT2D eigenvalue weighted by Gasteiger charge is 2.30. The van der Waals surface area contributed by atoms with Gasteiger partial charge in [0.2, 0.25) is 5.95 Å². The van der Waals surface area contributed by atoms with Gasteiger partial charge < -0.3 is 10.6 Å². The standard InChI is InChI=1S/C20H21F3N6O/c1-13-3-4-14(10-26-13)9-15-11-28-19(29-18(15)30)25-8-2-7-24-17-6-5-16(12-27-17)20(21,22)23/h3-6,10-12H,2,7-9H2,1H3,(H,24,27)(H2,25,28,29,30). The van der Waals surface area contributed by atoms with Gasteiger partial charge >= 0.3 is 6.18 Å². The zero-order valence-corrected chi connectivity index (χ0v) is 16.3. The highest BCUT2D eigenvalue weighted by Crippen LogP contribution is 2.28. The third-order valence-corrected chi connectivity index (χ3v) is 4.28. The van der Waals surface area contributed by atoms with Crippen molar-refractivity contribution in [2.75, 3.05) is 23.7 Å². The molecule has 0 aromatic carbocycles. The number of aryl methyl sites for hydroxylation is 1. The number of alkyl halides is 3. The second-order valence-electron chi connectivity index (χ2n) is 6.71. The first-order valence-electron chi connectivity index (χ1n) is 9.32. The van der Waals surface area contributed by atoms with Gasteiger partial charge in [0.25, 0.3) is 5.56 Å². The molecule has 3 N–H and O–H groups in total. The van der Waals surface area contributed by atoms with Crippen molar-refractivity contribution < 1.29 is 13.2 Å². The van der Waals surface area contributed by atoms with Crippen molar-refractivity contribution in [1.29, 1.82) is 0 Å². The summed E-state index contributed by atoms with van der Waals surface area (Å²) in [5.41, 5.74) is 1.37. The van der Waals surface area contributed by atoms with Gasteiger partial charge in [-0.05, 0) is 37.1 Å². The molecule has 30 heavy (non-hydrogen) atoms. The Morgan fingerprint density at radius 1 is 0.967 bits per heavy atom. The fraction of sp³-hybridized carbons (Fsp3) is 0.300. The largest absolute Gasteiger partial charge is 0.417 e. The smallest absolute Gasteiger partial charge is 0.370 e. The maximum absolute atomic E-state index is 12.5. The van der Waals surface area contributed by atoms with Crippen LogP contribution in [0.15, 0.2) is 47.7 Å². The van der Waals surface area contributed by atoms with Crippen LogP contribution in [-0.2, 0) is 12.6 Å². The van der Waals surface area contributed by atoms with E-state index in [2.05, 4.69) is 30.6 Å². The van der Waals surface area contributed by atoms with E-state index in [1.165, 1.54) is 12.3 Å². The van der Waals surface area contributed by atoms with E-state index in [4.69, 9.17) is 0 Å². The SMILES string of the molecule is Cc1ccc(Cc2cnc(NCCCNc3ccc(C(F)(F)F)cn3)[nH]c2=O)cn1. The Balaban J connectivity index is 1.43. The molecule has 0 radical (unpaired) electrons. The number of halogens is 3. The summed E-state index contributed by atoms with van der Waals surface area (Å²) in [5.74, 6) is 0.725. The zero-order valence-electron chi connectivity index (χ0n) is 16.3. The van der Waals surface area contributed by atoms with Crippen LogP contribution in [0.3, 0.4) is 0 Å². The van der Waals surface area contributed by atoms with Gasteiger partial charge in [0.05, 0.1) is 5.56 Å². The van der Waals surface area contributed by atoms with Gasteiger partial charge in [-0.2, -0.15) is 13.2 Å². The van der Waals surface area contributed by atoms with Crippen molar-refractivity contribution in [1.82, 2.24) is 19.9 Å². The van der Waals surface area contributed by atoms with E-state index in [0.717, 1.165) is 23.5 Å². The zero-order chi connectivity index (χ0) is 21.6. The topological polar surface area (TPSA) is 95.6 Å². The number of hydrogen-bond acceptors (Lipinski definition) is 6. The van der Waals surface area contributed by atoms with Crippen LogP contribution in [0, 0.1) is 6.92 Å². The number of aromatic amines is 1. The molecule has 0 unspecified atom stereocenters. The predicted molar refractivity (Wildman–Crippen MR) is 107 cm³/mol. The van der Waals surface area contributed by atoms with Gasteiger partial charge in [-0.15, -0.1) is 0 Å². The van der Waals surface area contributed by atoms with Crippen molar-refractivity contribution in [2.24, 2.45) is 0 Å². The lowest BCUT2D eigenvalue weighted by molar-refractivity contribution is -0.137. The van der Waals surface area contributed by atoms with Crippen molar-refractivity contribution >= 4 is 11.8 Å². The summed E-state index contributed by atoms with van der Waals surface area (Å²) in [6.07, 6.45) is 0.753. The summed E-state index contributed by atoms with van der Waals surface area (Å²) in [6.45, 7) is 2.90. The Labute approximate surface area is 170 Å². The fourth-order valence-electron chi connectivity index (χ4n) is 2.64. The fourth-order valence-corrected chi connectivity index (χ4v) is 2.64.